The van der Waals surface area contributed by atoms with Gasteiger partial charge in [0.2, 0.25) is 0 Å². The molecule has 29 heavy (non-hydrogen) atoms. The fourth-order valence-corrected chi connectivity index (χ4v) is 2.76. The molecule has 1 amide bonds. The molecule has 0 aliphatic heterocycles. The van der Waals surface area contributed by atoms with Crippen molar-refractivity contribution in [2.75, 3.05) is 0 Å². The zero-order valence-corrected chi connectivity index (χ0v) is 15.7. The molecule has 152 valence electrons. The summed E-state index contributed by atoms with van der Waals surface area (Å²) in [4.78, 5) is 45.5. The second kappa shape index (κ2) is 10.0. The predicted molar refractivity (Wildman–Crippen MR) is 102 cm³/mol. The molecule has 3 N–H and O–H groups in total. The second-order valence-corrected chi connectivity index (χ2v) is 6.31. The van der Waals surface area contributed by atoms with E-state index in [1.54, 1.807) is 12.1 Å². The van der Waals surface area contributed by atoms with E-state index in [1.165, 1.54) is 12.1 Å². The molecule has 0 bridgehead atoms. The summed E-state index contributed by atoms with van der Waals surface area (Å²) in [6.45, 7) is 1.89. The van der Waals surface area contributed by atoms with E-state index < -0.39 is 35.8 Å². The highest BCUT2D eigenvalue weighted by Gasteiger charge is 2.24. The number of rotatable bonds is 8. The van der Waals surface area contributed by atoms with Crippen LogP contribution in [0.4, 0.5) is 0 Å². The van der Waals surface area contributed by atoms with Crippen LogP contribution in [0.15, 0.2) is 54.6 Å². The first-order valence-electron chi connectivity index (χ1n) is 8.94. The number of ether oxygens (including phenoxy) is 1. The Morgan fingerprint density at radius 2 is 1.59 bits per heavy atom. The van der Waals surface area contributed by atoms with Crippen molar-refractivity contribution in [3.05, 3.63) is 65.7 Å². The molecule has 2 aromatic carbocycles. The van der Waals surface area contributed by atoms with E-state index in [1.807, 2.05) is 42.6 Å². The molecule has 2 atom stereocenters. The van der Waals surface area contributed by atoms with Gasteiger partial charge in [0.05, 0.1) is 5.92 Å². The van der Waals surface area contributed by atoms with Gasteiger partial charge >= 0.3 is 23.8 Å². The number of carbonyl (C=O) groups excluding carboxylic acids is 2. The van der Waals surface area contributed by atoms with Gasteiger partial charge in [-0.05, 0) is 29.7 Å². The van der Waals surface area contributed by atoms with Crippen molar-refractivity contribution in [3.63, 3.8) is 0 Å². The second-order valence-electron chi connectivity index (χ2n) is 6.31. The third-order valence-corrected chi connectivity index (χ3v) is 4.27. The number of benzene rings is 2. The molecular weight excluding hydrogens is 378 g/mol. The van der Waals surface area contributed by atoms with E-state index in [4.69, 9.17) is 14.9 Å². The number of aliphatic carboxylic acids is 2. The molecule has 0 radical (unpaired) electrons. The lowest BCUT2D eigenvalue weighted by atomic mass is 9.97. The first kappa shape index (κ1) is 21.6. The summed E-state index contributed by atoms with van der Waals surface area (Å²) < 4.78 is 5.42. The van der Waals surface area contributed by atoms with Gasteiger partial charge in [0.1, 0.15) is 11.8 Å². The molecule has 8 nitrogen and oxygen atoms in total. The Balaban J connectivity index is 2.03. The van der Waals surface area contributed by atoms with Crippen LogP contribution >= 0.6 is 0 Å². The number of hydrogen-bond donors (Lipinski definition) is 3. The van der Waals surface area contributed by atoms with E-state index in [2.05, 4.69) is 0 Å². The Hall–Kier alpha value is -3.68. The van der Waals surface area contributed by atoms with Gasteiger partial charge in [-0.15, -0.1) is 0 Å². The largest absolute Gasteiger partial charge is 0.480 e. The minimum atomic E-state index is -1.76. The topological polar surface area (TPSA) is 130 Å². The molecule has 0 heterocycles. The van der Waals surface area contributed by atoms with E-state index in [0.717, 1.165) is 5.56 Å². The van der Waals surface area contributed by atoms with Gasteiger partial charge in [0.25, 0.3) is 0 Å². The molecule has 0 aliphatic rings. The SMILES string of the molecule is CCC(C(=O)Oc1ccc(C[C@@H](NC(=O)C(=O)O)C(=O)O)cc1)c1ccccc1. The average molecular weight is 399 g/mol. The van der Waals surface area contributed by atoms with Crippen molar-refractivity contribution in [2.45, 2.75) is 31.7 Å². The summed E-state index contributed by atoms with van der Waals surface area (Å²) in [7, 11) is 0. The lowest BCUT2D eigenvalue weighted by Crippen LogP contribution is -2.45. The lowest BCUT2D eigenvalue weighted by Gasteiger charge is -2.15. The van der Waals surface area contributed by atoms with Gasteiger partial charge in [0, 0.05) is 6.42 Å². The Morgan fingerprint density at radius 1 is 0.966 bits per heavy atom. The molecular formula is C21H21NO7. The number of hydrogen-bond acceptors (Lipinski definition) is 5. The molecule has 0 aliphatic carbocycles. The zero-order chi connectivity index (χ0) is 21.4. The van der Waals surface area contributed by atoms with Gasteiger partial charge in [-0.1, -0.05) is 49.4 Å². The number of amides is 1. The summed E-state index contributed by atoms with van der Waals surface area (Å²) in [5.74, 6) is -5.02. The molecule has 0 saturated carbocycles. The van der Waals surface area contributed by atoms with E-state index >= 15 is 0 Å². The molecule has 8 heteroatoms. The van der Waals surface area contributed by atoms with E-state index in [0.29, 0.717) is 17.7 Å². The smallest absolute Gasteiger partial charge is 0.394 e. The van der Waals surface area contributed by atoms with Crippen molar-refractivity contribution in [2.24, 2.45) is 0 Å². The summed E-state index contributed by atoms with van der Waals surface area (Å²) in [5.41, 5.74) is 1.38. The van der Waals surface area contributed by atoms with Crippen molar-refractivity contribution in [1.29, 1.82) is 0 Å². The maximum Gasteiger partial charge on any atom is 0.394 e. The van der Waals surface area contributed by atoms with Crippen LogP contribution in [0.2, 0.25) is 0 Å². The lowest BCUT2D eigenvalue weighted by molar-refractivity contribution is -0.152. The summed E-state index contributed by atoms with van der Waals surface area (Å²) in [5, 5.41) is 19.7. The van der Waals surface area contributed by atoms with Gasteiger partial charge in [-0.3, -0.25) is 9.59 Å². The fraction of sp³-hybridized carbons (Fsp3) is 0.238. The number of carboxylic acids is 2. The third kappa shape index (κ3) is 6.17. The van der Waals surface area contributed by atoms with Gasteiger partial charge in [-0.2, -0.15) is 0 Å². The number of esters is 1. The minimum absolute atomic E-state index is 0.121. The number of carbonyl (C=O) groups is 4. The van der Waals surface area contributed by atoms with Crippen LogP contribution in [0, 0.1) is 0 Å². The van der Waals surface area contributed by atoms with Crippen LogP contribution in [0.1, 0.15) is 30.4 Å². The van der Waals surface area contributed by atoms with Crippen LogP contribution in [0.5, 0.6) is 5.75 Å². The third-order valence-electron chi connectivity index (χ3n) is 4.27. The quantitative estimate of drug-likeness (QED) is 0.351. The zero-order valence-electron chi connectivity index (χ0n) is 15.7. The molecule has 0 fully saturated rings. The van der Waals surface area contributed by atoms with Crippen LogP contribution in [0.3, 0.4) is 0 Å². The van der Waals surface area contributed by atoms with Gasteiger partial charge in [0.15, 0.2) is 0 Å². The van der Waals surface area contributed by atoms with Gasteiger partial charge in [-0.25, -0.2) is 9.59 Å². The van der Waals surface area contributed by atoms with Crippen molar-refractivity contribution in [3.8, 4) is 5.75 Å². The summed E-state index contributed by atoms with van der Waals surface area (Å²) in [6.07, 6.45) is 0.453. The van der Waals surface area contributed by atoms with E-state index in [-0.39, 0.29) is 6.42 Å². The minimum Gasteiger partial charge on any atom is -0.480 e. The number of carboxylic acid groups (broad SMARTS) is 2. The van der Waals surface area contributed by atoms with E-state index in [9.17, 15) is 19.2 Å². The molecule has 2 rings (SSSR count). The Labute approximate surface area is 167 Å². The molecule has 1 unspecified atom stereocenters. The Morgan fingerprint density at radius 3 is 2.10 bits per heavy atom. The maximum absolute atomic E-state index is 12.5. The fourth-order valence-electron chi connectivity index (χ4n) is 2.76. The van der Waals surface area contributed by atoms with Crippen LogP contribution < -0.4 is 10.1 Å². The number of nitrogens with one attached hydrogen (secondary N) is 1. The standard InChI is InChI=1S/C21H21NO7/c1-2-16(14-6-4-3-5-7-14)21(28)29-15-10-8-13(9-11-15)12-17(19(24)25)22-18(23)20(26)27/h3-11,16-17H,2,12H2,1H3,(H,22,23)(H,24,25)(H,26,27)/t16?,17-/m1/s1. The molecule has 0 saturated heterocycles. The first-order valence-corrected chi connectivity index (χ1v) is 8.94. The van der Waals surface area contributed by atoms with Crippen molar-refractivity contribution in [1.82, 2.24) is 5.32 Å². The monoisotopic (exact) mass is 399 g/mol. The summed E-state index contributed by atoms with van der Waals surface area (Å²) >= 11 is 0. The first-order chi connectivity index (χ1) is 13.8. The normalized spacial score (nSPS) is 12.4. The Kier molecular flexibility index (Phi) is 7.47. The summed E-state index contributed by atoms with van der Waals surface area (Å²) in [6, 6.07) is 14.0. The van der Waals surface area contributed by atoms with Crippen LogP contribution in [-0.4, -0.2) is 40.1 Å². The Bertz CT molecular complexity index is 878. The predicted octanol–water partition coefficient (Wildman–Crippen LogP) is 1.98. The molecule has 0 aromatic heterocycles. The molecule has 2 aromatic rings. The average Bonchev–Trinajstić information content (AvgIpc) is 2.70. The van der Waals surface area contributed by atoms with Crippen LogP contribution in [0.25, 0.3) is 0 Å². The highest BCUT2D eigenvalue weighted by molar-refractivity contribution is 6.31. The van der Waals surface area contributed by atoms with Crippen molar-refractivity contribution >= 4 is 23.8 Å². The van der Waals surface area contributed by atoms with Gasteiger partial charge < -0.3 is 20.3 Å². The molecule has 0 spiro atoms. The maximum atomic E-state index is 12.5. The highest BCUT2D eigenvalue weighted by atomic mass is 16.5. The van der Waals surface area contributed by atoms with Crippen molar-refractivity contribution < 1.29 is 34.1 Å². The van der Waals surface area contributed by atoms with Crippen LogP contribution in [-0.2, 0) is 25.6 Å². The highest BCUT2D eigenvalue weighted by Crippen LogP contribution is 2.23.